The Morgan fingerprint density at radius 2 is 1.65 bits per heavy atom. The Labute approximate surface area is 136 Å². The Morgan fingerprint density at radius 3 is 2.26 bits per heavy atom. The highest BCUT2D eigenvalue weighted by atomic mass is 32.2. The molecule has 0 bridgehead atoms. The monoisotopic (exact) mass is 333 g/mol. The van der Waals surface area contributed by atoms with Crippen LogP contribution in [0.3, 0.4) is 0 Å². The molecule has 0 spiro atoms. The molecule has 0 aliphatic rings. The second-order valence-corrected chi connectivity index (χ2v) is 6.76. The third-order valence-electron chi connectivity index (χ3n) is 3.37. The molecule has 23 heavy (non-hydrogen) atoms. The predicted molar refractivity (Wildman–Crippen MR) is 87.9 cm³/mol. The van der Waals surface area contributed by atoms with Crippen LogP contribution >= 0.6 is 0 Å². The van der Waals surface area contributed by atoms with Crippen LogP contribution in [0.4, 0.5) is 0 Å². The fourth-order valence-corrected chi connectivity index (χ4v) is 3.66. The molecule has 0 saturated heterocycles. The zero-order chi connectivity index (χ0) is 16.9. The highest BCUT2D eigenvalue weighted by Gasteiger charge is 2.22. The Hall–Kier alpha value is -2.18. The fraction of sp³-hybridized carbons (Fsp3) is 0.235. The summed E-state index contributed by atoms with van der Waals surface area (Å²) >= 11 is 0. The van der Waals surface area contributed by atoms with Crippen molar-refractivity contribution in [2.75, 3.05) is 13.1 Å². The quantitative estimate of drug-likeness (QED) is 0.602. The summed E-state index contributed by atoms with van der Waals surface area (Å²) in [4.78, 5) is 12.3. The van der Waals surface area contributed by atoms with Gasteiger partial charge in [0.25, 0.3) is 0 Å². The van der Waals surface area contributed by atoms with E-state index in [1.807, 2.05) is 6.07 Å². The molecular formula is C17H19NO4S. The second-order valence-electron chi connectivity index (χ2n) is 4.82. The van der Waals surface area contributed by atoms with Crippen molar-refractivity contribution in [1.82, 2.24) is 4.31 Å². The van der Waals surface area contributed by atoms with Crippen LogP contribution in [0.15, 0.2) is 59.5 Å². The maximum atomic E-state index is 12.5. The molecule has 0 atom stereocenters. The van der Waals surface area contributed by atoms with Crippen LogP contribution in [0.5, 0.6) is 5.75 Å². The molecule has 0 amide bonds. The zero-order valence-corrected chi connectivity index (χ0v) is 13.9. The Kier molecular flexibility index (Phi) is 5.52. The molecule has 0 fully saturated rings. The van der Waals surface area contributed by atoms with Crippen LogP contribution < -0.4 is 4.74 Å². The van der Waals surface area contributed by atoms with Gasteiger partial charge in [0.2, 0.25) is 10.0 Å². The molecule has 0 aromatic heterocycles. The van der Waals surface area contributed by atoms with Gasteiger partial charge < -0.3 is 4.74 Å². The van der Waals surface area contributed by atoms with Gasteiger partial charge in [-0.05, 0) is 30.3 Å². The zero-order valence-electron chi connectivity index (χ0n) is 13.1. The van der Waals surface area contributed by atoms with Crippen LogP contribution in [0.25, 0.3) is 0 Å². The minimum atomic E-state index is -3.60. The van der Waals surface area contributed by atoms with Crippen LogP contribution in [0, 0.1) is 0 Å². The van der Waals surface area contributed by atoms with Crippen molar-refractivity contribution >= 4 is 16.0 Å². The van der Waals surface area contributed by atoms with Gasteiger partial charge in [-0.3, -0.25) is 0 Å². The number of benzene rings is 2. The first-order chi connectivity index (χ1) is 11.0. The Balaban J connectivity index is 2.28. The molecule has 6 heteroatoms. The smallest absolute Gasteiger partial charge is 0.343 e. The van der Waals surface area contributed by atoms with Gasteiger partial charge in [0.15, 0.2) is 0 Å². The Bertz CT molecular complexity index is 768. The molecule has 0 N–H and O–H groups in total. The van der Waals surface area contributed by atoms with E-state index in [1.165, 1.54) is 28.6 Å². The number of nitrogens with zero attached hydrogens (tertiary/aromatic N) is 1. The first-order valence-corrected chi connectivity index (χ1v) is 8.80. The molecule has 2 aromatic carbocycles. The van der Waals surface area contributed by atoms with E-state index in [0.29, 0.717) is 18.8 Å². The van der Waals surface area contributed by atoms with E-state index in [0.717, 1.165) is 0 Å². The SMILES string of the molecule is CCN(CC)S(=O)(=O)c1cccc(C(=O)Oc2ccccc2)c1. The standard InChI is InChI=1S/C17H19NO4S/c1-3-18(4-2)23(20,21)16-12-8-9-14(13-16)17(19)22-15-10-6-5-7-11-15/h5-13H,3-4H2,1-2H3. The van der Waals surface area contributed by atoms with Crippen molar-refractivity contribution in [2.24, 2.45) is 0 Å². The van der Waals surface area contributed by atoms with Crippen LogP contribution in [0.2, 0.25) is 0 Å². The van der Waals surface area contributed by atoms with Gasteiger partial charge in [-0.25, -0.2) is 13.2 Å². The third kappa shape index (κ3) is 3.97. The lowest BCUT2D eigenvalue weighted by Crippen LogP contribution is -2.30. The van der Waals surface area contributed by atoms with Crippen molar-refractivity contribution < 1.29 is 17.9 Å². The van der Waals surface area contributed by atoms with Crippen molar-refractivity contribution in [1.29, 1.82) is 0 Å². The van der Waals surface area contributed by atoms with Crippen LogP contribution in [-0.2, 0) is 10.0 Å². The molecule has 122 valence electrons. The molecule has 0 unspecified atom stereocenters. The lowest BCUT2D eigenvalue weighted by molar-refractivity contribution is 0.0734. The second kappa shape index (κ2) is 7.39. The molecule has 0 aliphatic heterocycles. The first-order valence-electron chi connectivity index (χ1n) is 7.36. The summed E-state index contributed by atoms with van der Waals surface area (Å²) in [7, 11) is -3.60. The van der Waals surface area contributed by atoms with E-state index in [9.17, 15) is 13.2 Å². The van der Waals surface area contributed by atoms with E-state index >= 15 is 0 Å². The van der Waals surface area contributed by atoms with Crippen LogP contribution in [-0.4, -0.2) is 31.8 Å². The first kappa shape index (κ1) is 17.2. The summed E-state index contributed by atoms with van der Waals surface area (Å²) in [6, 6.07) is 14.5. The highest BCUT2D eigenvalue weighted by molar-refractivity contribution is 7.89. The summed E-state index contributed by atoms with van der Waals surface area (Å²) < 4.78 is 31.6. The van der Waals surface area contributed by atoms with Crippen LogP contribution in [0.1, 0.15) is 24.2 Å². The summed E-state index contributed by atoms with van der Waals surface area (Å²) in [5.74, 6) is -0.178. The molecule has 0 saturated carbocycles. The normalized spacial score (nSPS) is 11.4. The number of hydrogen-bond donors (Lipinski definition) is 0. The van der Waals surface area contributed by atoms with Crippen molar-refractivity contribution in [3.63, 3.8) is 0 Å². The summed E-state index contributed by atoms with van der Waals surface area (Å²) in [6.07, 6.45) is 0. The van der Waals surface area contributed by atoms with Gasteiger partial charge in [0, 0.05) is 13.1 Å². The number of hydrogen-bond acceptors (Lipinski definition) is 4. The summed E-state index contributed by atoms with van der Waals surface area (Å²) in [5.41, 5.74) is 0.196. The summed E-state index contributed by atoms with van der Waals surface area (Å²) in [5, 5.41) is 0. The van der Waals surface area contributed by atoms with E-state index in [1.54, 1.807) is 38.1 Å². The van der Waals surface area contributed by atoms with Crippen molar-refractivity contribution in [3.05, 3.63) is 60.2 Å². The molecular weight excluding hydrogens is 314 g/mol. The average Bonchev–Trinajstić information content (AvgIpc) is 2.57. The number of carbonyl (C=O) groups is 1. The van der Waals surface area contributed by atoms with E-state index < -0.39 is 16.0 Å². The molecule has 5 nitrogen and oxygen atoms in total. The molecule has 2 aromatic rings. The highest BCUT2D eigenvalue weighted by Crippen LogP contribution is 2.18. The number of rotatable bonds is 6. The van der Waals surface area contributed by atoms with Crippen molar-refractivity contribution in [3.8, 4) is 5.75 Å². The fourth-order valence-electron chi connectivity index (χ4n) is 2.15. The van der Waals surface area contributed by atoms with Gasteiger partial charge in [0.1, 0.15) is 5.75 Å². The number of sulfonamides is 1. The number of carbonyl (C=O) groups excluding carboxylic acids is 1. The van der Waals surface area contributed by atoms with E-state index in [4.69, 9.17) is 4.74 Å². The van der Waals surface area contributed by atoms with Gasteiger partial charge in [-0.1, -0.05) is 38.1 Å². The molecule has 0 heterocycles. The largest absolute Gasteiger partial charge is 0.423 e. The lowest BCUT2D eigenvalue weighted by Gasteiger charge is -2.18. The minimum Gasteiger partial charge on any atom is -0.423 e. The van der Waals surface area contributed by atoms with E-state index in [-0.39, 0.29) is 10.5 Å². The molecule has 2 rings (SSSR count). The minimum absolute atomic E-state index is 0.0868. The maximum absolute atomic E-state index is 12.5. The predicted octanol–water partition coefficient (Wildman–Crippen LogP) is 2.94. The Morgan fingerprint density at radius 1 is 1.00 bits per heavy atom. The van der Waals surface area contributed by atoms with Crippen molar-refractivity contribution in [2.45, 2.75) is 18.7 Å². The molecule has 0 radical (unpaired) electrons. The third-order valence-corrected chi connectivity index (χ3v) is 5.41. The number of ether oxygens (including phenoxy) is 1. The van der Waals surface area contributed by atoms with Gasteiger partial charge in [-0.2, -0.15) is 4.31 Å². The summed E-state index contributed by atoms with van der Waals surface area (Å²) in [6.45, 7) is 4.29. The molecule has 0 aliphatic carbocycles. The maximum Gasteiger partial charge on any atom is 0.343 e. The number of esters is 1. The average molecular weight is 333 g/mol. The van der Waals surface area contributed by atoms with Gasteiger partial charge in [0.05, 0.1) is 10.5 Å². The van der Waals surface area contributed by atoms with Gasteiger partial charge >= 0.3 is 5.97 Å². The van der Waals surface area contributed by atoms with Gasteiger partial charge in [-0.15, -0.1) is 0 Å². The topological polar surface area (TPSA) is 63.7 Å². The number of para-hydroxylation sites is 1. The van der Waals surface area contributed by atoms with E-state index in [2.05, 4.69) is 0 Å². The lowest BCUT2D eigenvalue weighted by atomic mass is 10.2.